The average molecular weight is 250 g/mol. The SMILES string of the molecule is COC(=O)C(C)Oc1ccccc1/C=C/C(=O)O. The van der Waals surface area contributed by atoms with Crippen LogP contribution < -0.4 is 4.74 Å². The maximum Gasteiger partial charge on any atom is 0.346 e. The molecular weight excluding hydrogens is 236 g/mol. The molecule has 96 valence electrons. The van der Waals surface area contributed by atoms with Gasteiger partial charge in [0.2, 0.25) is 0 Å². The monoisotopic (exact) mass is 250 g/mol. The highest BCUT2D eigenvalue weighted by molar-refractivity contribution is 5.86. The van der Waals surface area contributed by atoms with E-state index < -0.39 is 18.0 Å². The standard InChI is InChI=1S/C13H14O5/c1-9(13(16)17-2)18-11-6-4-3-5-10(11)7-8-12(14)15/h3-9H,1-2H3,(H,14,15)/b8-7+. The topological polar surface area (TPSA) is 72.8 Å². The summed E-state index contributed by atoms with van der Waals surface area (Å²) in [5.41, 5.74) is 0.579. The highest BCUT2D eigenvalue weighted by Crippen LogP contribution is 2.21. The second kappa shape index (κ2) is 6.44. The molecule has 1 atom stereocenters. The number of carboxylic acids is 1. The first-order valence-electron chi connectivity index (χ1n) is 5.29. The molecule has 1 aromatic carbocycles. The molecule has 1 aromatic rings. The smallest absolute Gasteiger partial charge is 0.346 e. The number of rotatable bonds is 5. The van der Waals surface area contributed by atoms with Crippen molar-refractivity contribution in [2.75, 3.05) is 7.11 Å². The first kappa shape index (κ1) is 13.8. The molecule has 0 amide bonds. The van der Waals surface area contributed by atoms with Crippen LogP contribution in [-0.2, 0) is 14.3 Å². The van der Waals surface area contributed by atoms with Crippen LogP contribution in [0.2, 0.25) is 0 Å². The van der Waals surface area contributed by atoms with Crippen molar-refractivity contribution in [1.82, 2.24) is 0 Å². The van der Waals surface area contributed by atoms with Crippen LogP contribution >= 0.6 is 0 Å². The van der Waals surface area contributed by atoms with Crippen molar-refractivity contribution < 1.29 is 24.2 Å². The van der Waals surface area contributed by atoms with E-state index in [0.29, 0.717) is 11.3 Å². The molecule has 0 aliphatic heterocycles. The minimum absolute atomic E-state index is 0.424. The molecule has 0 heterocycles. The zero-order chi connectivity index (χ0) is 13.5. The Bertz CT molecular complexity index is 464. The lowest BCUT2D eigenvalue weighted by Crippen LogP contribution is -2.25. The summed E-state index contributed by atoms with van der Waals surface area (Å²) in [4.78, 5) is 21.7. The number of hydrogen-bond acceptors (Lipinski definition) is 4. The molecule has 0 saturated carbocycles. The zero-order valence-corrected chi connectivity index (χ0v) is 10.1. The number of hydrogen-bond donors (Lipinski definition) is 1. The summed E-state index contributed by atoms with van der Waals surface area (Å²) < 4.78 is 9.96. The molecule has 0 saturated heterocycles. The number of para-hydroxylation sites is 1. The molecule has 0 aliphatic rings. The van der Waals surface area contributed by atoms with Gasteiger partial charge in [0.1, 0.15) is 5.75 Å². The lowest BCUT2D eigenvalue weighted by Gasteiger charge is -2.14. The van der Waals surface area contributed by atoms with Crippen LogP contribution in [0.15, 0.2) is 30.3 Å². The van der Waals surface area contributed by atoms with Crippen molar-refractivity contribution in [3.8, 4) is 5.75 Å². The summed E-state index contributed by atoms with van der Waals surface area (Å²) in [5, 5.41) is 8.57. The number of methoxy groups -OCH3 is 1. The maximum atomic E-state index is 11.2. The van der Waals surface area contributed by atoms with Crippen LogP contribution in [-0.4, -0.2) is 30.3 Å². The predicted octanol–water partition coefficient (Wildman–Crippen LogP) is 1.72. The van der Waals surface area contributed by atoms with Gasteiger partial charge in [0.15, 0.2) is 6.10 Å². The van der Waals surface area contributed by atoms with Gasteiger partial charge in [-0.1, -0.05) is 18.2 Å². The quantitative estimate of drug-likeness (QED) is 0.636. The van der Waals surface area contributed by atoms with Crippen LogP contribution in [0.25, 0.3) is 6.08 Å². The highest BCUT2D eigenvalue weighted by Gasteiger charge is 2.15. The molecule has 5 nitrogen and oxygen atoms in total. The van der Waals surface area contributed by atoms with Crippen molar-refractivity contribution >= 4 is 18.0 Å². The van der Waals surface area contributed by atoms with E-state index in [0.717, 1.165) is 6.08 Å². The Morgan fingerprint density at radius 2 is 2.00 bits per heavy atom. The number of carboxylic acid groups (broad SMARTS) is 1. The Labute approximate surface area is 105 Å². The van der Waals surface area contributed by atoms with E-state index in [9.17, 15) is 9.59 Å². The molecule has 0 fully saturated rings. The number of aliphatic carboxylic acids is 1. The van der Waals surface area contributed by atoms with E-state index in [1.54, 1.807) is 31.2 Å². The van der Waals surface area contributed by atoms with Crippen molar-refractivity contribution in [2.24, 2.45) is 0 Å². The van der Waals surface area contributed by atoms with Gasteiger partial charge >= 0.3 is 11.9 Å². The third-order valence-corrected chi connectivity index (χ3v) is 2.16. The van der Waals surface area contributed by atoms with Crippen LogP contribution in [0.5, 0.6) is 5.75 Å². The highest BCUT2D eigenvalue weighted by atomic mass is 16.6. The second-order valence-corrected chi connectivity index (χ2v) is 3.49. The van der Waals surface area contributed by atoms with E-state index in [2.05, 4.69) is 4.74 Å². The fraction of sp³-hybridized carbons (Fsp3) is 0.231. The van der Waals surface area contributed by atoms with E-state index >= 15 is 0 Å². The van der Waals surface area contributed by atoms with Crippen molar-refractivity contribution in [1.29, 1.82) is 0 Å². The molecule has 0 spiro atoms. The average Bonchev–Trinajstić information content (AvgIpc) is 2.36. The molecule has 1 unspecified atom stereocenters. The molecule has 0 aliphatic carbocycles. The van der Waals surface area contributed by atoms with E-state index in [4.69, 9.17) is 9.84 Å². The Morgan fingerprint density at radius 1 is 1.33 bits per heavy atom. The van der Waals surface area contributed by atoms with Gasteiger partial charge in [-0.15, -0.1) is 0 Å². The van der Waals surface area contributed by atoms with Gasteiger partial charge in [-0.05, 0) is 19.1 Å². The molecule has 5 heteroatoms. The fourth-order valence-corrected chi connectivity index (χ4v) is 1.29. The third-order valence-electron chi connectivity index (χ3n) is 2.16. The molecule has 0 radical (unpaired) electrons. The molecule has 18 heavy (non-hydrogen) atoms. The van der Waals surface area contributed by atoms with Crippen LogP contribution in [0, 0.1) is 0 Å². The summed E-state index contributed by atoms with van der Waals surface area (Å²) >= 11 is 0. The van der Waals surface area contributed by atoms with Gasteiger partial charge in [0.25, 0.3) is 0 Å². The molecule has 1 rings (SSSR count). The minimum Gasteiger partial charge on any atom is -0.478 e. The van der Waals surface area contributed by atoms with Crippen molar-refractivity contribution in [3.05, 3.63) is 35.9 Å². The normalized spacial score (nSPS) is 12.1. The molecule has 0 aromatic heterocycles. The predicted molar refractivity (Wildman–Crippen MR) is 65.2 cm³/mol. The molecule has 0 bridgehead atoms. The number of carbonyl (C=O) groups excluding carboxylic acids is 1. The molecular formula is C13H14O5. The number of ether oxygens (including phenoxy) is 2. The Kier molecular flexibility index (Phi) is 4.92. The summed E-state index contributed by atoms with van der Waals surface area (Å²) in [6.45, 7) is 1.56. The van der Waals surface area contributed by atoms with E-state index in [-0.39, 0.29) is 0 Å². The minimum atomic E-state index is -1.05. The lowest BCUT2D eigenvalue weighted by atomic mass is 10.2. The number of esters is 1. The van der Waals surface area contributed by atoms with Gasteiger partial charge in [0.05, 0.1) is 7.11 Å². The summed E-state index contributed by atoms with van der Waals surface area (Å²) in [6, 6.07) is 6.83. The summed E-state index contributed by atoms with van der Waals surface area (Å²) in [7, 11) is 1.28. The second-order valence-electron chi connectivity index (χ2n) is 3.49. The van der Waals surface area contributed by atoms with Crippen LogP contribution in [0.4, 0.5) is 0 Å². The van der Waals surface area contributed by atoms with Gasteiger partial charge in [-0.25, -0.2) is 9.59 Å². The van der Waals surface area contributed by atoms with Crippen LogP contribution in [0.3, 0.4) is 0 Å². The van der Waals surface area contributed by atoms with E-state index in [1.165, 1.54) is 13.2 Å². The zero-order valence-electron chi connectivity index (χ0n) is 10.1. The summed E-state index contributed by atoms with van der Waals surface area (Å²) in [6.07, 6.45) is 1.65. The van der Waals surface area contributed by atoms with Gasteiger partial charge in [0, 0.05) is 11.6 Å². The lowest BCUT2D eigenvalue weighted by molar-refractivity contribution is -0.147. The van der Waals surface area contributed by atoms with Gasteiger partial charge in [-0.3, -0.25) is 0 Å². The number of benzene rings is 1. The maximum absolute atomic E-state index is 11.2. The summed E-state index contributed by atoms with van der Waals surface area (Å²) in [5.74, 6) is -1.12. The van der Waals surface area contributed by atoms with Crippen molar-refractivity contribution in [3.63, 3.8) is 0 Å². The first-order chi connectivity index (χ1) is 8.54. The fourth-order valence-electron chi connectivity index (χ4n) is 1.29. The Balaban J connectivity index is 2.88. The Hall–Kier alpha value is -2.30. The first-order valence-corrected chi connectivity index (χ1v) is 5.29. The molecule has 1 N–H and O–H groups in total. The van der Waals surface area contributed by atoms with Gasteiger partial charge < -0.3 is 14.6 Å². The largest absolute Gasteiger partial charge is 0.478 e. The van der Waals surface area contributed by atoms with Gasteiger partial charge in [-0.2, -0.15) is 0 Å². The van der Waals surface area contributed by atoms with E-state index in [1.807, 2.05) is 0 Å². The number of carbonyl (C=O) groups is 2. The van der Waals surface area contributed by atoms with Crippen molar-refractivity contribution in [2.45, 2.75) is 13.0 Å². The third kappa shape index (κ3) is 3.93. The Morgan fingerprint density at radius 3 is 2.61 bits per heavy atom. The van der Waals surface area contributed by atoms with Crippen LogP contribution in [0.1, 0.15) is 12.5 Å².